The van der Waals surface area contributed by atoms with Crippen LogP contribution in [-0.2, 0) is 4.79 Å². The molecule has 1 fully saturated rings. The number of aliphatic carboxylic acids is 1. The van der Waals surface area contributed by atoms with Gasteiger partial charge in [0.15, 0.2) is 0 Å². The highest BCUT2D eigenvalue weighted by Gasteiger charge is 2.29. The van der Waals surface area contributed by atoms with E-state index >= 15 is 0 Å². The lowest BCUT2D eigenvalue weighted by Crippen LogP contribution is -2.40. The normalized spacial score (nSPS) is 22.6. The van der Waals surface area contributed by atoms with Crippen molar-refractivity contribution in [2.45, 2.75) is 52.5 Å². The maximum atomic E-state index is 12.3. The van der Waals surface area contributed by atoms with Gasteiger partial charge in [-0.3, -0.25) is 9.59 Å². The average Bonchev–Trinajstić information content (AvgIpc) is 2.63. The van der Waals surface area contributed by atoms with E-state index in [0.29, 0.717) is 24.2 Å². The number of carbonyl (C=O) groups excluding carboxylic acids is 1. The summed E-state index contributed by atoms with van der Waals surface area (Å²) in [6.45, 7) is 5.47. The molecule has 5 nitrogen and oxygen atoms in total. The van der Waals surface area contributed by atoms with Gasteiger partial charge in [0.2, 0.25) is 0 Å². The summed E-state index contributed by atoms with van der Waals surface area (Å²) >= 11 is 0. The molecule has 0 aromatic carbocycles. The van der Waals surface area contributed by atoms with E-state index < -0.39 is 5.97 Å². The number of nitrogens with one attached hydrogen (secondary N) is 1. The van der Waals surface area contributed by atoms with E-state index in [1.165, 1.54) is 0 Å². The third kappa shape index (κ3) is 2.86. The van der Waals surface area contributed by atoms with Crippen LogP contribution in [0.5, 0.6) is 0 Å². The van der Waals surface area contributed by atoms with Crippen molar-refractivity contribution >= 4 is 11.9 Å². The first-order valence-electron chi connectivity index (χ1n) is 7.00. The number of hydrogen-bond acceptors (Lipinski definition) is 3. The SMILES string of the molecule is Cc1oc(C)c(C(=O)NC2CCCC(C(=O)O)C2)c1C. The van der Waals surface area contributed by atoms with Gasteiger partial charge in [-0.25, -0.2) is 0 Å². The Hall–Kier alpha value is -1.78. The van der Waals surface area contributed by atoms with Crippen LogP contribution in [0, 0.1) is 26.7 Å². The second kappa shape index (κ2) is 5.69. The van der Waals surface area contributed by atoms with Crippen LogP contribution >= 0.6 is 0 Å². The molecule has 2 unspecified atom stereocenters. The molecular weight excluding hydrogens is 258 g/mol. The number of aryl methyl sites for hydroxylation is 2. The number of carbonyl (C=O) groups is 2. The lowest BCUT2D eigenvalue weighted by molar-refractivity contribution is -0.143. The van der Waals surface area contributed by atoms with Gasteiger partial charge in [0.05, 0.1) is 11.5 Å². The Morgan fingerprint density at radius 3 is 2.45 bits per heavy atom. The summed E-state index contributed by atoms with van der Waals surface area (Å²) in [5, 5.41) is 12.0. The minimum absolute atomic E-state index is 0.0636. The van der Waals surface area contributed by atoms with E-state index in [4.69, 9.17) is 9.52 Å². The molecule has 1 aliphatic rings. The Labute approximate surface area is 118 Å². The standard InChI is InChI=1S/C15H21NO4/c1-8-9(2)20-10(3)13(8)14(17)16-12-6-4-5-11(7-12)15(18)19/h11-12H,4-7H2,1-3H3,(H,16,17)(H,18,19). The summed E-state index contributed by atoms with van der Waals surface area (Å²) in [6.07, 6.45) is 2.88. The summed E-state index contributed by atoms with van der Waals surface area (Å²) < 4.78 is 5.46. The molecule has 1 aliphatic carbocycles. The van der Waals surface area contributed by atoms with Gasteiger partial charge in [-0.2, -0.15) is 0 Å². The van der Waals surface area contributed by atoms with Gasteiger partial charge >= 0.3 is 5.97 Å². The highest BCUT2D eigenvalue weighted by atomic mass is 16.4. The predicted octanol–water partition coefficient (Wildman–Crippen LogP) is 2.58. The van der Waals surface area contributed by atoms with E-state index in [0.717, 1.165) is 24.2 Å². The summed E-state index contributed by atoms with van der Waals surface area (Å²) in [7, 11) is 0. The molecule has 1 aromatic rings. The third-order valence-corrected chi connectivity index (χ3v) is 4.15. The van der Waals surface area contributed by atoms with E-state index in [2.05, 4.69) is 5.32 Å². The molecule has 5 heteroatoms. The molecule has 1 heterocycles. The Morgan fingerprint density at radius 1 is 1.20 bits per heavy atom. The van der Waals surface area contributed by atoms with Crippen molar-refractivity contribution in [3.8, 4) is 0 Å². The largest absolute Gasteiger partial charge is 0.481 e. The molecule has 2 rings (SSSR count). The highest BCUT2D eigenvalue weighted by Crippen LogP contribution is 2.26. The first-order chi connectivity index (χ1) is 9.40. The van der Waals surface area contributed by atoms with Crippen LogP contribution in [0.15, 0.2) is 4.42 Å². The maximum absolute atomic E-state index is 12.3. The van der Waals surface area contributed by atoms with Gasteiger partial charge < -0.3 is 14.8 Å². The fraction of sp³-hybridized carbons (Fsp3) is 0.600. The lowest BCUT2D eigenvalue weighted by atomic mass is 9.85. The van der Waals surface area contributed by atoms with Crippen molar-refractivity contribution in [2.24, 2.45) is 5.92 Å². The smallest absolute Gasteiger partial charge is 0.306 e. The molecule has 20 heavy (non-hydrogen) atoms. The van der Waals surface area contributed by atoms with E-state index in [9.17, 15) is 9.59 Å². The van der Waals surface area contributed by atoms with Gasteiger partial charge in [-0.05, 0) is 40.0 Å². The lowest BCUT2D eigenvalue weighted by Gasteiger charge is -2.27. The molecule has 1 saturated carbocycles. The minimum Gasteiger partial charge on any atom is -0.481 e. The molecule has 110 valence electrons. The molecule has 2 atom stereocenters. The number of furan rings is 1. The summed E-state index contributed by atoms with van der Waals surface area (Å²) in [6, 6.07) is -0.0636. The van der Waals surface area contributed by atoms with Crippen LogP contribution < -0.4 is 5.32 Å². The van der Waals surface area contributed by atoms with Gasteiger partial charge in [0.25, 0.3) is 5.91 Å². The minimum atomic E-state index is -0.768. The maximum Gasteiger partial charge on any atom is 0.306 e. The zero-order valence-corrected chi connectivity index (χ0v) is 12.2. The van der Waals surface area contributed by atoms with Crippen molar-refractivity contribution < 1.29 is 19.1 Å². The van der Waals surface area contributed by atoms with Gasteiger partial charge in [-0.15, -0.1) is 0 Å². The highest BCUT2D eigenvalue weighted by molar-refractivity contribution is 5.97. The van der Waals surface area contributed by atoms with Gasteiger partial charge in [0, 0.05) is 11.6 Å². The van der Waals surface area contributed by atoms with Crippen LogP contribution in [0.3, 0.4) is 0 Å². The van der Waals surface area contributed by atoms with Crippen LogP contribution in [0.4, 0.5) is 0 Å². The van der Waals surface area contributed by atoms with Crippen LogP contribution in [0.1, 0.15) is 53.1 Å². The van der Waals surface area contributed by atoms with Crippen molar-refractivity contribution in [3.05, 3.63) is 22.6 Å². The molecular formula is C15H21NO4. The van der Waals surface area contributed by atoms with Gasteiger partial charge in [-0.1, -0.05) is 6.42 Å². The van der Waals surface area contributed by atoms with Crippen molar-refractivity contribution in [1.82, 2.24) is 5.32 Å². The Balaban J connectivity index is 2.06. The molecule has 1 amide bonds. The first kappa shape index (κ1) is 14.6. The third-order valence-electron chi connectivity index (χ3n) is 4.15. The summed E-state index contributed by atoms with van der Waals surface area (Å²) in [5.41, 5.74) is 1.44. The second-order valence-electron chi connectivity index (χ2n) is 5.59. The monoisotopic (exact) mass is 279 g/mol. The Bertz CT molecular complexity index is 532. The molecule has 0 aliphatic heterocycles. The van der Waals surface area contributed by atoms with Crippen molar-refractivity contribution in [2.75, 3.05) is 0 Å². The number of carboxylic acid groups (broad SMARTS) is 1. The quantitative estimate of drug-likeness (QED) is 0.891. The zero-order chi connectivity index (χ0) is 14.9. The fourth-order valence-corrected chi connectivity index (χ4v) is 2.93. The molecule has 1 aromatic heterocycles. The number of amides is 1. The van der Waals surface area contributed by atoms with Crippen LogP contribution in [0.2, 0.25) is 0 Å². The zero-order valence-electron chi connectivity index (χ0n) is 12.2. The van der Waals surface area contributed by atoms with Crippen molar-refractivity contribution in [3.63, 3.8) is 0 Å². The van der Waals surface area contributed by atoms with E-state index in [-0.39, 0.29) is 17.9 Å². The molecule has 0 bridgehead atoms. The van der Waals surface area contributed by atoms with E-state index in [1.807, 2.05) is 13.8 Å². The van der Waals surface area contributed by atoms with Gasteiger partial charge in [0.1, 0.15) is 11.5 Å². The summed E-state index contributed by atoms with van der Waals surface area (Å²) in [4.78, 5) is 23.4. The Morgan fingerprint density at radius 2 is 1.90 bits per heavy atom. The molecule has 0 radical (unpaired) electrons. The molecule has 0 saturated heterocycles. The summed E-state index contributed by atoms with van der Waals surface area (Å²) in [5.74, 6) is 0.0912. The number of carboxylic acids is 1. The second-order valence-corrected chi connectivity index (χ2v) is 5.59. The van der Waals surface area contributed by atoms with Crippen molar-refractivity contribution in [1.29, 1.82) is 0 Å². The van der Waals surface area contributed by atoms with Crippen LogP contribution in [0.25, 0.3) is 0 Å². The number of rotatable bonds is 3. The molecule has 0 spiro atoms. The fourth-order valence-electron chi connectivity index (χ4n) is 2.93. The van der Waals surface area contributed by atoms with E-state index in [1.54, 1.807) is 6.92 Å². The topological polar surface area (TPSA) is 79.5 Å². The predicted molar refractivity (Wildman–Crippen MR) is 73.8 cm³/mol. The van der Waals surface area contributed by atoms with Crippen LogP contribution in [-0.4, -0.2) is 23.0 Å². The number of hydrogen-bond donors (Lipinski definition) is 2. The molecule has 2 N–H and O–H groups in total. The first-order valence-corrected chi connectivity index (χ1v) is 7.00. The average molecular weight is 279 g/mol. The Kier molecular flexibility index (Phi) is 4.16.